The zero-order chi connectivity index (χ0) is 8.69. The average molecular weight is 149 g/mol. The van der Waals surface area contributed by atoms with Gasteiger partial charge in [-0.1, -0.05) is 31.7 Å². The average Bonchev–Trinajstić information content (AvgIpc) is 1.97. The minimum atomic E-state index is 0.773. The molecule has 0 rings (SSSR count). The Morgan fingerprint density at radius 1 is 1.36 bits per heavy atom. The van der Waals surface area contributed by atoms with Gasteiger partial charge in [0.15, 0.2) is 0 Å². The third-order valence-corrected chi connectivity index (χ3v) is 1.000. The minimum absolute atomic E-state index is 0.773. The SMILES string of the molecule is C=C(C)/C=C\C(=C)N=CCC. The highest BCUT2D eigenvalue weighted by atomic mass is 14.7. The lowest BCUT2D eigenvalue weighted by Crippen LogP contribution is -1.72. The Labute approximate surface area is 68.9 Å². The van der Waals surface area contributed by atoms with Crippen LogP contribution in [0.3, 0.4) is 0 Å². The fourth-order valence-corrected chi connectivity index (χ4v) is 0.490. The van der Waals surface area contributed by atoms with Gasteiger partial charge in [0.25, 0.3) is 0 Å². The molecule has 0 aromatic carbocycles. The van der Waals surface area contributed by atoms with E-state index in [0.29, 0.717) is 0 Å². The van der Waals surface area contributed by atoms with Crippen LogP contribution in [0.4, 0.5) is 0 Å². The number of rotatable bonds is 4. The first kappa shape index (κ1) is 9.89. The molecule has 0 spiro atoms. The molecular formula is C10H15N. The van der Waals surface area contributed by atoms with Gasteiger partial charge < -0.3 is 0 Å². The number of nitrogens with zero attached hydrogens (tertiary/aromatic N) is 1. The van der Waals surface area contributed by atoms with E-state index in [2.05, 4.69) is 18.2 Å². The van der Waals surface area contributed by atoms with Gasteiger partial charge in [-0.2, -0.15) is 0 Å². The van der Waals surface area contributed by atoms with Crippen molar-refractivity contribution >= 4 is 6.21 Å². The van der Waals surface area contributed by atoms with E-state index in [1.807, 2.05) is 32.2 Å². The van der Waals surface area contributed by atoms with E-state index < -0.39 is 0 Å². The first-order valence-corrected chi connectivity index (χ1v) is 3.71. The Balaban J connectivity index is 3.87. The van der Waals surface area contributed by atoms with E-state index in [-0.39, 0.29) is 0 Å². The zero-order valence-electron chi connectivity index (χ0n) is 7.30. The molecule has 0 aromatic heterocycles. The fraction of sp³-hybridized carbons (Fsp3) is 0.300. The van der Waals surface area contributed by atoms with Gasteiger partial charge in [-0.05, 0) is 19.4 Å². The summed E-state index contributed by atoms with van der Waals surface area (Å²) in [4.78, 5) is 4.07. The van der Waals surface area contributed by atoms with Gasteiger partial charge in [0, 0.05) is 6.21 Å². The molecule has 0 saturated carbocycles. The molecule has 11 heavy (non-hydrogen) atoms. The van der Waals surface area contributed by atoms with Crippen molar-refractivity contribution in [2.45, 2.75) is 20.3 Å². The van der Waals surface area contributed by atoms with Gasteiger partial charge in [-0.25, -0.2) is 0 Å². The van der Waals surface area contributed by atoms with Crippen LogP contribution in [0, 0.1) is 0 Å². The lowest BCUT2D eigenvalue weighted by atomic mass is 10.3. The number of hydrogen-bond acceptors (Lipinski definition) is 1. The van der Waals surface area contributed by atoms with Crippen molar-refractivity contribution in [3.8, 4) is 0 Å². The normalized spacial score (nSPS) is 11.1. The molecule has 0 amide bonds. The monoisotopic (exact) mass is 149 g/mol. The second-order valence-corrected chi connectivity index (χ2v) is 2.39. The summed E-state index contributed by atoms with van der Waals surface area (Å²) < 4.78 is 0. The fourth-order valence-electron chi connectivity index (χ4n) is 0.490. The van der Waals surface area contributed by atoms with Gasteiger partial charge in [-0.3, -0.25) is 4.99 Å². The summed E-state index contributed by atoms with van der Waals surface area (Å²) in [5.41, 5.74) is 1.78. The van der Waals surface area contributed by atoms with Crippen molar-refractivity contribution in [1.82, 2.24) is 0 Å². The first-order chi connectivity index (χ1) is 5.16. The molecule has 0 aromatic rings. The second kappa shape index (κ2) is 5.66. The first-order valence-electron chi connectivity index (χ1n) is 3.71. The van der Waals surface area contributed by atoms with Crippen LogP contribution in [0.5, 0.6) is 0 Å². The molecule has 0 aliphatic carbocycles. The van der Waals surface area contributed by atoms with Crippen LogP contribution in [-0.2, 0) is 0 Å². The smallest absolute Gasteiger partial charge is 0.0554 e. The maximum atomic E-state index is 4.07. The van der Waals surface area contributed by atoms with Crippen LogP contribution in [0.1, 0.15) is 20.3 Å². The molecule has 1 nitrogen and oxygen atoms in total. The molecule has 60 valence electrons. The lowest BCUT2D eigenvalue weighted by Gasteiger charge is -1.88. The van der Waals surface area contributed by atoms with E-state index in [0.717, 1.165) is 17.7 Å². The van der Waals surface area contributed by atoms with Crippen LogP contribution in [-0.4, -0.2) is 6.21 Å². The standard InChI is InChI=1S/C10H15N/c1-5-8-11-10(4)7-6-9(2)3/h6-8H,2,4-5H2,1,3H3/b7-6-,11-8?. The molecule has 0 saturated heterocycles. The van der Waals surface area contributed by atoms with E-state index in [1.54, 1.807) is 0 Å². The van der Waals surface area contributed by atoms with Crippen molar-refractivity contribution in [2.75, 3.05) is 0 Å². The van der Waals surface area contributed by atoms with Crippen LogP contribution in [0.15, 0.2) is 41.6 Å². The maximum absolute atomic E-state index is 4.07. The highest BCUT2D eigenvalue weighted by Gasteiger charge is 1.79. The van der Waals surface area contributed by atoms with Gasteiger partial charge in [0.1, 0.15) is 0 Å². The zero-order valence-corrected chi connectivity index (χ0v) is 7.30. The van der Waals surface area contributed by atoms with Crippen molar-refractivity contribution in [3.05, 3.63) is 36.6 Å². The van der Waals surface area contributed by atoms with Gasteiger partial charge >= 0.3 is 0 Å². The van der Waals surface area contributed by atoms with Crippen molar-refractivity contribution in [1.29, 1.82) is 0 Å². The predicted octanol–water partition coefficient (Wildman–Crippen LogP) is 3.11. The maximum Gasteiger partial charge on any atom is 0.0554 e. The Morgan fingerprint density at radius 2 is 2.00 bits per heavy atom. The molecular weight excluding hydrogens is 134 g/mol. The molecule has 0 heterocycles. The van der Waals surface area contributed by atoms with Crippen LogP contribution in [0.25, 0.3) is 0 Å². The molecule has 0 aliphatic rings. The molecule has 0 N–H and O–H groups in total. The van der Waals surface area contributed by atoms with E-state index >= 15 is 0 Å². The largest absolute Gasteiger partial charge is 0.262 e. The summed E-state index contributed by atoms with van der Waals surface area (Å²) >= 11 is 0. The van der Waals surface area contributed by atoms with E-state index in [4.69, 9.17) is 0 Å². The Morgan fingerprint density at radius 3 is 2.45 bits per heavy atom. The number of aliphatic imine (C=N–C) groups is 1. The Kier molecular flexibility index (Phi) is 5.09. The molecule has 0 unspecified atom stereocenters. The number of allylic oxidation sites excluding steroid dienone is 3. The lowest BCUT2D eigenvalue weighted by molar-refractivity contribution is 1.29. The van der Waals surface area contributed by atoms with Crippen molar-refractivity contribution in [3.63, 3.8) is 0 Å². The van der Waals surface area contributed by atoms with Crippen molar-refractivity contribution in [2.24, 2.45) is 4.99 Å². The van der Waals surface area contributed by atoms with Crippen LogP contribution >= 0.6 is 0 Å². The van der Waals surface area contributed by atoms with E-state index in [1.165, 1.54) is 0 Å². The summed E-state index contributed by atoms with van der Waals surface area (Å²) in [5, 5.41) is 0. The predicted molar refractivity (Wildman–Crippen MR) is 51.9 cm³/mol. The van der Waals surface area contributed by atoms with Crippen LogP contribution in [0.2, 0.25) is 0 Å². The highest BCUT2D eigenvalue weighted by Crippen LogP contribution is 1.97. The third kappa shape index (κ3) is 6.78. The number of hydrogen-bond donors (Lipinski definition) is 0. The molecule has 0 fully saturated rings. The van der Waals surface area contributed by atoms with Crippen LogP contribution < -0.4 is 0 Å². The third-order valence-electron chi connectivity index (χ3n) is 1.000. The minimum Gasteiger partial charge on any atom is -0.262 e. The summed E-state index contributed by atoms with van der Waals surface area (Å²) in [6.45, 7) is 11.4. The van der Waals surface area contributed by atoms with Gasteiger partial charge in [0.2, 0.25) is 0 Å². The summed E-state index contributed by atoms with van der Waals surface area (Å²) in [6, 6.07) is 0. The Hall–Kier alpha value is -1.11. The second-order valence-electron chi connectivity index (χ2n) is 2.39. The summed E-state index contributed by atoms with van der Waals surface area (Å²) in [5.74, 6) is 0. The summed E-state index contributed by atoms with van der Waals surface area (Å²) in [7, 11) is 0. The Bertz CT molecular complexity index is 197. The van der Waals surface area contributed by atoms with E-state index in [9.17, 15) is 0 Å². The van der Waals surface area contributed by atoms with Gasteiger partial charge in [0.05, 0.1) is 5.70 Å². The van der Waals surface area contributed by atoms with Gasteiger partial charge in [-0.15, -0.1) is 0 Å². The molecule has 0 radical (unpaired) electrons. The molecule has 0 aliphatic heterocycles. The highest BCUT2D eigenvalue weighted by molar-refractivity contribution is 5.58. The summed E-state index contributed by atoms with van der Waals surface area (Å²) in [6.07, 6.45) is 6.54. The quantitative estimate of drug-likeness (QED) is 0.430. The molecule has 1 heteroatoms. The molecule has 0 atom stereocenters. The topological polar surface area (TPSA) is 12.4 Å². The van der Waals surface area contributed by atoms with Crippen molar-refractivity contribution < 1.29 is 0 Å². The molecule has 0 bridgehead atoms.